The Morgan fingerprint density at radius 2 is 0.621 bits per heavy atom. The first-order valence-electron chi connectivity index (χ1n) is 20.2. The van der Waals surface area contributed by atoms with E-state index in [1.165, 1.54) is 120 Å². The van der Waals surface area contributed by atoms with Gasteiger partial charge in [0.1, 0.15) is 0 Å². The monoisotopic (exact) mass is 732 g/mol. The van der Waals surface area contributed by atoms with Gasteiger partial charge in [-0.1, -0.05) is 200 Å². The molecule has 268 valence electrons. The fourth-order valence-electron chi connectivity index (χ4n) is 9.95. The van der Waals surface area contributed by atoms with Crippen LogP contribution in [0.15, 0.2) is 218 Å². The van der Waals surface area contributed by atoms with Crippen LogP contribution in [0.1, 0.15) is 0 Å². The molecule has 0 bridgehead atoms. The molecule has 0 amide bonds. The molecule has 0 aromatic heterocycles. The van der Waals surface area contributed by atoms with Gasteiger partial charge in [0.15, 0.2) is 0 Å². The lowest BCUT2D eigenvalue weighted by Gasteiger charge is -2.24. The molecule has 0 radical (unpaired) electrons. The first-order valence-corrected chi connectivity index (χ1v) is 20.2. The minimum atomic E-state index is 1.20. The van der Waals surface area contributed by atoms with Gasteiger partial charge in [0.05, 0.1) is 0 Å². The summed E-state index contributed by atoms with van der Waals surface area (Å²) in [5.41, 5.74) is 9.95. The lowest BCUT2D eigenvalue weighted by atomic mass is 9.78. The van der Waals surface area contributed by atoms with Gasteiger partial charge in [-0.05, 0) is 138 Å². The van der Waals surface area contributed by atoms with Gasteiger partial charge in [0.25, 0.3) is 0 Å². The van der Waals surface area contributed by atoms with Crippen LogP contribution in [-0.2, 0) is 0 Å². The number of hydrogen-bond donors (Lipinski definition) is 0. The van der Waals surface area contributed by atoms with Crippen LogP contribution >= 0.6 is 0 Å². The predicted molar refractivity (Wildman–Crippen MR) is 251 cm³/mol. The quantitative estimate of drug-likeness (QED) is 0.125. The Morgan fingerprint density at radius 1 is 0.190 bits per heavy atom. The molecule has 0 aliphatic carbocycles. The summed E-state index contributed by atoms with van der Waals surface area (Å²) in [7, 11) is 0. The van der Waals surface area contributed by atoms with E-state index in [4.69, 9.17) is 0 Å². The molecule has 0 heteroatoms. The molecule has 0 heterocycles. The maximum atomic E-state index is 2.44. The van der Waals surface area contributed by atoms with Gasteiger partial charge in [-0.3, -0.25) is 0 Å². The van der Waals surface area contributed by atoms with Crippen molar-refractivity contribution in [3.05, 3.63) is 218 Å². The molecule has 12 rings (SSSR count). The molecule has 12 aromatic rings. The molecular formula is C58H36. The van der Waals surface area contributed by atoms with Crippen molar-refractivity contribution >= 4 is 75.4 Å². The largest absolute Gasteiger partial charge is 0.0622 e. The van der Waals surface area contributed by atoms with Crippen LogP contribution in [0.5, 0.6) is 0 Å². The summed E-state index contributed by atoms with van der Waals surface area (Å²) in [6, 6.07) is 81.0. The predicted octanol–water partition coefficient (Wildman–Crippen LogP) is 16.4. The van der Waals surface area contributed by atoms with Crippen LogP contribution in [-0.4, -0.2) is 0 Å². The van der Waals surface area contributed by atoms with Crippen molar-refractivity contribution in [1.82, 2.24) is 0 Å². The maximum Gasteiger partial charge on any atom is -0.000786 e. The Hall–Kier alpha value is -7.54. The van der Waals surface area contributed by atoms with Gasteiger partial charge in [0.2, 0.25) is 0 Å². The third kappa shape index (κ3) is 4.89. The van der Waals surface area contributed by atoms with Crippen LogP contribution in [0.4, 0.5) is 0 Å². The Balaban J connectivity index is 1.29. The molecule has 58 heavy (non-hydrogen) atoms. The van der Waals surface area contributed by atoms with E-state index in [9.17, 15) is 0 Å². The van der Waals surface area contributed by atoms with Crippen molar-refractivity contribution in [2.75, 3.05) is 0 Å². The van der Waals surface area contributed by atoms with Crippen molar-refractivity contribution in [1.29, 1.82) is 0 Å². The topological polar surface area (TPSA) is 0 Å². The van der Waals surface area contributed by atoms with Crippen molar-refractivity contribution in [3.63, 3.8) is 0 Å². The lowest BCUT2D eigenvalue weighted by molar-refractivity contribution is 1.61. The fourth-order valence-corrected chi connectivity index (χ4v) is 9.95. The van der Waals surface area contributed by atoms with Gasteiger partial charge in [-0.15, -0.1) is 0 Å². The Labute approximate surface area is 336 Å². The highest BCUT2D eigenvalue weighted by Gasteiger charge is 2.25. The van der Waals surface area contributed by atoms with Gasteiger partial charge in [-0.2, -0.15) is 0 Å². The average Bonchev–Trinajstić information content (AvgIpc) is 3.30. The lowest BCUT2D eigenvalue weighted by Crippen LogP contribution is -1.97. The van der Waals surface area contributed by atoms with Crippen LogP contribution in [0.3, 0.4) is 0 Å². The van der Waals surface area contributed by atoms with Crippen molar-refractivity contribution < 1.29 is 0 Å². The zero-order valence-corrected chi connectivity index (χ0v) is 31.8. The first kappa shape index (κ1) is 32.7. The zero-order valence-electron chi connectivity index (χ0n) is 31.8. The molecule has 0 aliphatic heterocycles. The number of fused-ring (bicyclic) bond motifs is 10. The summed E-state index contributed by atoms with van der Waals surface area (Å²) in [4.78, 5) is 0. The van der Waals surface area contributed by atoms with Gasteiger partial charge >= 0.3 is 0 Å². The van der Waals surface area contributed by atoms with Gasteiger partial charge < -0.3 is 0 Å². The second kappa shape index (κ2) is 13.0. The van der Waals surface area contributed by atoms with E-state index in [-0.39, 0.29) is 0 Å². The first-order chi connectivity index (χ1) is 28.8. The highest BCUT2D eigenvalue weighted by atomic mass is 14.3. The third-order valence-electron chi connectivity index (χ3n) is 12.4. The molecule has 0 aliphatic rings. The summed E-state index contributed by atoms with van der Waals surface area (Å²) >= 11 is 0. The maximum absolute atomic E-state index is 2.44. The van der Waals surface area contributed by atoms with E-state index in [0.717, 1.165) is 0 Å². The van der Waals surface area contributed by atoms with E-state index in [2.05, 4.69) is 218 Å². The molecule has 12 aromatic carbocycles. The molecule has 0 nitrogen and oxygen atoms in total. The fraction of sp³-hybridized carbons (Fsp3) is 0. The summed E-state index contributed by atoms with van der Waals surface area (Å²) in [5.74, 6) is 0. The molecule has 0 N–H and O–H groups in total. The molecule has 0 spiro atoms. The van der Waals surface area contributed by atoms with Crippen LogP contribution < -0.4 is 0 Å². The van der Waals surface area contributed by atoms with E-state index in [1.54, 1.807) is 0 Å². The smallest absolute Gasteiger partial charge is 0.000786 e. The second-order valence-corrected chi connectivity index (χ2v) is 15.5. The van der Waals surface area contributed by atoms with E-state index < -0.39 is 0 Å². The minimum Gasteiger partial charge on any atom is -0.0622 e. The SMILES string of the molecule is c1ccc(-c2cc3cc4ccccc4cc3c(-c3ccccc3)c2-c2c3ccccc3c(-c3cccc4c5ccccc5c5ccccc5c34)c3ccccc23)cc1. The highest BCUT2D eigenvalue weighted by molar-refractivity contribution is 6.32. The molecule has 0 saturated heterocycles. The number of benzene rings is 12. The molecule has 0 fully saturated rings. The van der Waals surface area contributed by atoms with Gasteiger partial charge in [0, 0.05) is 0 Å². The molecule has 0 atom stereocenters. The molecular weight excluding hydrogens is 697 g/mol. The van der Waals surface area contributed by atoms with Crippen molar-refractivity contribution in [3.8, 4) is 44.5 Å². The normalized spacial score (nSPS) is 11.8. The van der Waals surface area contributed by atoms with Crippen LogP contribution in [0, 0.1) is 0 Å². The summed E-state index contributed by atoms with van der Waals surface area (Å²) < 4.78 is 0. The van der Waals surface area contributed by atoms with Crippen molar-refractivity contribution in [2.45, 2.75) is 0 Å². The van der Waals surface area contributed by atoms with Crippen LogP contribution in [0.25, 0.3) is 120 Å². The van der Waals surface area contributed by atoms with E-state index in [0.29, 0.717) is 0 Å². The van der Waals surface area contributed by atoms with Crippen molar-refractivity contribution in [2.24, 2.45) is 0 Å². The highest BCUT2D eigenvalue weighted by Crippen LogP contribution is 2.53. The Bertz CT molecular complexity index is 3490. The van der Waals surface area contributed by atoms with Gasteiger partial charge in [-0.25, -0.2) is 0 Å². The van der Waals surface area contributed by atoms with Crippen LogP contribution in [0.2, 0.25) is 0 Å². The number of hydrogen-bond acceptors (Lipinski definition) is 0. The third-order valence-corrected chi connectivity index (χ3v) is 12.4. The zero-order chi connectivity index (χ0) is 38.2. The molecule has 0 saturated carbocycles. The number of rotatable bonds is 4. The molecule has 0 unspecified atom stereocenters. The van der Waals surface area contributed by atoms with E-state index >= 15 is 0 Å². The second-order valence-electron chi connectivity index (χ2n) is 15.5. The minimum absolute atomic E-state index is 1.20. The summed E-state index contributed by atoms with van der Waals surface area (Å²) in [6.07, 6.45) is 0. The Morgan fingerprint density at radius 3 is 1.21 bits per heavy atom. The Kier molecular flexibility index (Phi) is 7.33. The summed E-state index contributed by atoms with van der Waals surface area (Å²) in [6.45, 7) is 0. The standard InChI is InChI=1S/C58H36/c1-3-18-37(19-4-1)52-36-41-34-39-22-7-8-23-40(39)35-53(41)54(38-20-5-2-6-21-38)58(52)57-49-30-15-13-28-47(49)56(48-29-14-16-31-50(48)57)51-33-17-32-46-44-25-10-9-24-42(44)43-26-11-12-27-45(43)55(46)51/h1-36H. The average molecular weight is 733 g/mol. The summed E-state index contributed by atoms with van der Waals surface area (Å²) in [5, 5.41) is 17.7. The van der Waals surface area contributed by atoms with E-state index in [1.807, 2.05) is 0 Å².